The van der Waals surface area contributed by atoms with Crippen LogP contribution >= 0.6 is 0 Å². The van der Waals surface area contributed by atoms with Crippen LogP contribution in [-0.2, 0) is 0 Å². The molecule has 176 valence electrons. The van der Waals surface area contributed by atoms with Crippen LogP contribution in [0.5, 0.6) is 0 Å². The molecule has 1 heterocycles. The molecule has 1 aromatic heterocycles. The maximum absolute atomic E-state index is 14.9. The highest BCUT2D eigenvalue weighted by Crippen LogP contribution is 2.38. The first-order chi connectivity index (χ1) is 16.5. The molecule has 0 bridgehead atoms. The van der Waals surface area contributed by atoms with Crippen LogP contribution in [0.3, 0.4) is 0 Å². The first kappa shape index (κ1) is 23.8. The van der Waals surface area contributed by atoms with Crippen LogP contribution in [0.1, 0.15) is 54.8 Å². The van der Waals surface area contributed by atoms with Crippen LogP contribution in [0, 0.1) is 17.1 Å². The smallest absolute Gasteiger partial charge is 0.137 e. The molecule has 3 aromatic rings. The number of rotatable bonds is 9. The van der Waals surface area contributed by atoms with Crippen LogP contribution < -0.4 is 5.32 Å². The first-order valence-corrected chi connectivity index (χ1v) is 11.5. The van der Waals surface area contributed by atoms with Crippen molar-refractivity contribution in [2.45, 2.75) is 43.9 Å². The summed E-state index contributed by atoms with van der Waals surface area (Å²) < 4.78 is 16.6. The highest BCUT2D eigenvalue weighted by atomic mass is 19.1. The average molecular weight is 461 g/mol. The lowest BCUT2D eigenvalue weighted by Gasteiger charge is -2.36. The molecular weight excluding hydrogens is 431 g/mol. The Kier molecular flexibility index (Phi) is 7.53. The van der Waals surface area contributed by atoms with E-state index in [1.165, 1.54) is 0 Å². The summed E-state index contributed by atoms with van der Waals surface area (Å²) in [5.74, 6) is 0.589. The van der Waals surface area contributed by atoms with Crippen LogP contribution in [0.15, 0.2) is 60.9 Å². The molecule has 3 N–H and O–H groups in total. The van der Waals surface area contributed by atoms with Crippen molar-refractivity contribution in [1.29, 1.82) is 5.26 Å². The molecular formula is C27H29FN4O2. The molecule has 0 aliphatic heterocycles. The summed E-state index contributed by atoms with van der Waals surface area (Å²) in [4.78, 5) is 4.15. The molecule has 34 heavy (non-hydrogen) atoms. The molecule has 2 aromatic carbocycles. The number of aromatic nitrogens is 2. The van der Waals surface area contributed by atoms with Crippen molar-refractivity contribution in [2.75, 3.05) is 13.2 Å². The van der Waals surface area contributed by atoms with Gasteiger partial charge in [0.15, 0.2) is 0 Å². The molecule has 0 spiro atoms. The van der Waals surface area contributed by atoms with Crippen molar-refractivity contribution in [3.63, 3.8) is 0 Å². The maximum Gasteiger partial charge on any atom is 0.137 e. The van der Waals surface area contributed by atoms with Crippen molar-refractivity contribution < 1.29 is 14.6 Å². The van der Waals surface area contributed by atoms with Crippen molar-refractivity contribution in [3.05, 3.63) is 83.7 Å². The Balaban J connectivity index is 1.42. The Labute approximate surface area is 199 Å². The molecule has 4 rings (SSSR count). The van der Waals surface area contributed by atoms with E-state index in [9.17, 15) is 14.6 Å². The van der Waals surface area contributed by atoms with Crippen LogP contribution in [-0.4, -0.2) is 39.0 Å². The zero-order valence-electron chi connectivity index (χ0n) is 19.1. The van der Waals surface area contributed by atoms with E-state index in [2.05, 4.69) is 16.4 Å². The minimum Gasteiger partial charge on any atom is -0.394 e. The van der Waals surface area contributed by atoms with E-state index in [1.807, 2.05) is 48.6 Å². The van der Waals surface area contributed by atoms with Gasteiger partial charge in [-0.1, -0.05) is 48.6 Å². The Morgan fingerprint density at radius 2 is 2.03 bits per heavy atom. The lowest BCUT2D eigenvalue weighted by Crippen LogP contribution is -2.40. The Morgan fingerprint density at radius 3 is 2.68 bits per heavy atom. The number of halogens is 1. The number of hydrogen-bond acceptors (Lipinski definition) is 5. The van der Waals surface area contributed by atoms with Crippen molar-refractivity contribution in [3.8, 4) is 17.2 Å². The fraction of sp³-hybridized carbons (Fsp3) is 0.333. The van der Waals surface area contributed by atoms with Crippen molar-refractivity contribution >= 4 is 6.08 Å². The molecule has 0 radical (unpaired) electrons. The minimum atomic E-state index is -0.732. The van der Waals surface area contributed by atoms with Gasteiger partial charge >= 0.3 is 0 Å². The quantitative estimate of drug-likeness (QED) is 0.413. The highest BCUT2D eigenvalue weighted by molar-refractivity contribution is 5.67. The van der Waals surface area contributed by atoms with E-state index < -0.39 is 6.10 Å². The van der Waals surface area contributed by atoms with Gasteiger partial charge in [0, 0.05) is 24.0 Å². The Hall–Kier alpha value is -3.31. The van der Waals surface area contributed by atoms with Gasteiger partial charge in [-0.05, 0) is 48.4 Å². The third kappa shape index (κ3) is 5.26. The molecule has 0 amide bonds. The molecule has 1 saturated carbocycles. The van der Waals surface area contributed by atoms with E-state index in [0.717, 1.165) is 29.5 Å². The lowest BCUT2D eigenvalue weighted by molar-refractivity contribution is 0.175. The van der Waals surface area contributed by atoms with Gasteiger partial charge in [0.1, 0.15) is 17.7 Å². The topological polar surface area (TPSA) is 94.1 Å². The molecule has 7 heteroatoms. The van der Waals surface area contributed by atoms with Crippen LogP contribution in [0.25, 0.3) is 17.2 Å². The summed E-state index contributed by atoms with van der Waals surface area (Å²) in [6.07, 6.45) is 8.20. The second kappa shape index (κ2) is 10.7. The zero-order valence-corrected chi connectivity index (χ0v) is 19.1. The van der Waals surface area contributed by atoms with Gasteiger partial charge in [0.25, 0.3) is 0 Å². The molecule has 1 aliphatic carbocycles. The predicted molar refractivity (Wildman–Crippen MR) is 129 cm³/mol. The summed E-state index contributed by atoms with van der Waals surface area (Å²) in [5, 5.41) is 31.5. The lowest BCUT2D eigenvalue weighted by atomic mass is 9.75. The van der Waals surface area contributed by atoms with Gasteiger partial charge in [-0.25, -0.2) is 9.37 Å². The number of imidazole rings is 1. The van der Waals surface area contributed by atoms with Gasteiger partial charge < -0.3 is 20.1 Å². The Bertz CT molecular complexity index is 1170. The van der Waals surface area contributed by atoms with Crippen molar-refractivity contribution in [2.24, 2.45) is 0 Å². The van der Waals surface area contributed by atoms with E-state index in [1.54, 1.807) is 30.0 Å². The molecule has 1 fully saturated rings. The predicted octanol–water partition coefficient (Wildman–Crippen LogP) is 4.35. The first-order valence-electron chi connectivity index (χ1n) is 11.5. The second-order valence-corrected chi connectivity index (χ2v) is 8.74. The molecule has 1 unspecified atom stereocenters. The number of nitrogens with zero attached hydrogens (tertiary/aromatic N) is 3. The average Bonchev–Trinajstić information content (AvgIpc) is 3.29. The fourth-order valence-corrected chi connectivity index (χ4v) is 4.43. The molecule has 1 aliphatic rings. The van der Waals surface area contributed by atoms with Crippen molar-refractivity contribution in [1.82, 2.24) is 14.9 Å². The van der Waals surface area contributed by atoms with Gasteiger partial charge in [0.2, 0.25) is 0 Å². The number of nitrogens with one attached hydrogen (secondary N) is 1. The van der Waals surface area contributed by atoms with E-state index >= 15 is 0 Å². The molecule has 2 atom stereocenters. The van der Waals surface area contributed by atoms with Gasteiger partial charge in [0.05, 0.1) is 25.3 Å². The van der Waals surface area contributed by atoms with Gasteiger partial charge in [-0.15, -0.1) is 0 Å². The molecule has 6 nitrogen and oxygen atoms in total. The summed E-state index contributed by atoms with van der Waals surface area (Å²) in [5.41, 5.74) is 3.28. The fourth-order valence-electron chi connectivity index (χ4n) is 4.43. The number of benzene rings is 2. The van der Waals surface area contributed by atoms with Crippen LogP contribution in [0.4, 0.5) is 4.39 Å². The van der Waals surface area contributed by atoms with Crippen LogP contribution in [0.2, 0.25) is 0 Å². The maximum atomic E-state index is 14.9. The zero-order chi connectivity index (χ0) is 24.1. The second-order valence-electron chi connectivity index (χ2n) is 8.74. The minimum absolute atomic E-state index is 0.127. The Morgan fingerprint density at radius 1 is 1.26 bits per heavy atom. The number of nitriles is 1. The summed E-state index contributed by atoms with van der Waals surface area (Å²) >= 11 is 0. The summed E-state index contributed by atoms with van der Waals surface area (Å²) in [6, 6.07) is 15.1. The van der Waals surface area contributed by atoms with Gasteiger partial charge in [-0.3, -0.25) is 0 Å². The summed E-state index contributed by atoms with van der Waals surface area (Å²) in [7, 11) is 0. The SMILES string of the molecule is C[C@H](O)c1nccn1C(/C=C/c1ccc(-c2ccc(C3CC(NCC#N)C3)cc2F)cc1)CO. The highest BCUT2D eigenvalue weighted by Gasteiger charge is 2.30. The monoisotopic (exact) mass is 460 g/mol. The van der Waals surface area contributed by atoms with E-state index in [-0.39, 0.29) is 18.5 Å². The van der Waals surface area contributed by atoms with Gasteiger partial charge in [-0.2, -0.15) is 5.26 Å². The normalized spacial score (nSPS) is 19.5. The standard InChI is InChI=1S/C27H29FN4O2/c1-18(34)27-31-12-13-32(27)24(17-33)8-4-19-2-5-20(6-3-19)25-9-7-21(16-26(25)28)22-14-23(15-22)30-11-10-29/h2-9,12-13,16,18,22-24,30,33-34H,11,14-15,17H2,1H3/b8-4+/t18-,22?,23?,24?/m0/s1. The third-order valence-electron chi connectivity index (χ3n) is 6.42. The van der Waals surface area contributed by atoms with E-state index in [4.69, 9.17) is 5.26 Å². The number of aliphatic hydroxyl groups excluding tert-OH is 2. The number of aliphatic hydroxyl groups is 2. The van der Waals surface area contributed by atoms with E-state index in [0.29, 0.717) is 29.9 Å². The molecule has 0 saturated heterocycles. The third-order valence-corrected chi connectivity index (χ3v) is 6.42. The largest absolute Gasteiger partial charge is 0.394 e. The number of hydrogen-bond donors (Lipinski definition) is 3. The summed E-state index contributed by atoms with van der Waals surface area (Å²) in [6.45, 7) is 1.86.